The molecule has 0 rings (SSSR count). The fourth-order valence-electron chi connectivity index (χ4n) is 10.9. The average molecular weight is 1120 g/mol. The second-order valence-corrected chi connectivity index (χ2v) is 29.9. The van der Waals surface area contributed by atoms with E-state index < -0.39 is 48.0 Å². The van der Waals surface area contributed by atoms with Crippen LogP contribution in [-0.4, -0.2) is 77.0 Å². The number of hydrogen-bond donors (Lipinski definition) is 8. The Labute approximate surface area is 472 Å². The summed E-state index contributed by atoms with van der Waals surface area (Å²) >= 11 is 0. The van der Waals surface area contributed by atoms with Gasteiger partial charge in [0.2, 0.25) is 0 Å². The summed E-state index contributed by atoms with van der Waals surface area (Å²) in [4.78, 5) is 60.8. The van der Waals surface area contributed by atoms with E-state index in [1.807, 2.05) is 0 Å². The van der Waals surface area contributed by atoms with Gasteiger partial charge in [0.05, 0.1) is 30.8 Å². The van der Waals surface area contributed by atoms with Gasteiger partial charge in [-0.1, -0.05) is 239 Å². The van der Waals surface area contributed by atoms with Crippen LogP contribution in [0.1, 0.15) is 303 Å². The fraction of sp³-hybridized carbons (Fsp3) is 0.968. The first-order valence-corrected chi connectivity index (χ1v) is 33.2. The summed E-state index contributed by atoms with van der Waals surface area (Å²) in [7, 11) is -5.22. The smallest absolute Gasteiger partial charge is 0.334 e. The minimum atomic E-state index is -2.61. The molecule has 0 aliphatic heterocycles. The van der Waals surface area contributed by atoms with Crippen molar-refractivity contribution < 1.29 is 53.9 Å². The van der Waals surface area contributed by atoms with Crippen LogP contribution in [0.25, 0.3) is 0 Å². The lowest BCUT2D eigenvalue weighted by molar-refractivity contribution is -0.166. The Hall–Kier alpha value is -0.160. The van der Waals surface area contributed by atoms with Crippen molar-refractivity contribution in [2.75, 3.05) is 19.8 Å². The SMILES string of the molecule is CCCCCCCCCCCCC(CC(CC(C)C(C)(C)C)C(=O)CCC(O)(CCC(=O)C(CC(C)C(C)(C)C)CC(CCCCCCCCCCCC)C(C)(C)C)C(CO)(CO)CO)C(C)(C)C.OP(O)OP(O)O. The van der Waals surface area contributed by atoms with Crippen LogP contribution < -0.4 is 0 Å². The van der Waals surface area contributed by atoms with E-state index in [1.165, 1.54) is 128 Å². The number of ketones is 2. The van der Waals surface area contributed by atoms with E-state index in [2.05, 4.69) is 115 Å². The van der Waals surface area contributed by atoms with Crippen molar-refractivity contribution in [2.24, 2.45) is 62.6 Å². The van der Waals surface area contributed by atoms with Gasteiger partial charge >= 0.3 is 17.2 Å². The van der Waals surface area contributed by atoms with Crippen LogP contribution in [0, 0.1) is 62.6 Å². The number of unbranched alkanes of at least 4 members (excludes halogenated alkanes) is 18. The van der Waals surface area contributed by atoms with Gasteiger partial charge in [-0.3, -0.25) is 9.59 Å². The highest BCUT2D eigenvalue weighted by Gasteiger charge is 2.50. The zero-order valence-electron chi connectivity index (χ0n) is 52.5. The molecule has 0 aliphatic rings. The zero-order valence-corrected chi connectivity index (χ0v) is 54.3. The quantitative estimate of drug-likeness (QED) is 0.0213. The van der Waals surface area contributed by atoms with Crippen molar-refractivity contribution in [3.8, 4) is 0 Å². The third-order valence-corrected chi connectivity index (χ3v) is 19.3. The van der Waals surface area contributed by atoms with Crippen LogP contribution in [0.15, 0.2) is 0 Å². The van der Waals surface area contributed by atoms with Crippen LogP contribution >= 0.6 is 17.2 Å². The minimum absolute atomic E-state index is 0.0213. The first-order valence-electron chi connectivity index (χ1n) is 30.9. The molecule has 0 aromatic carbocycles. The van der Waals surface area contributed by atoms with Gasteiger partial charge in [0.25, 0.3) is 0 Å². The molecule has 0 aromatic rings. The number of aliphatic hydroxyl groups is 4. The first-order chi connectivity index (χ1) is 35.2. The molecular formula is C63H128O11P2. The first kappa shape index (κ1) is 77.9. The van der Waals surface area contributed by atoms with Gasteiger partial charge in [-0.25, -0.2) is 4.31 Å². The monoisotopic (exact) mass is 1120 g/mol. The molecule has 0 bridgehead atoms. The van der Waals surface area contributed by atoms with Gasteiger partial charge in [-0.15, -0.1) is 0 Å². The molecule has 11 nitrogen and oxygen atoms in total. The Bertz CT molecular complexity index is 1330. The van der Waals surface area contributed by atoms with Crippen molar-refractivity contribution in [3.05, 3.63) is 0 Å². The number of hydrogen-bond acceptors (Lipinski definition) is 11. The summed E-state index contributed by atoms with van der Waals surface area (Å²) in [6.07, 6.45) is 31.3. The third-order valence-electron chi connectivity index (χ3n) is 18.2. The summed E-state index contributed by atoms with van der Waals surface area (Å²) in [5.74, 6) is 1.13. The molecule has 0 radical (unpaired) electrons. The van der Waals surface area contributed by atoms with E-state index in [0.717, 1.165) is 38.5 Å². The normalized spacial score (nSPS) is 16.2. The molecule has 0 saturated carbocycles. The summed E-state index contributed by atoms with van der Waals surface area (Å²) in [5.41, 5.74) is -3.38. The highest BCUT2D eigenvalue weighted by atomic mass is 31.2. The highest BCUT2D eigenvalue weighted by molar-refractivity contribution is 7.53. The van der Waals surface area contributed by atoms with E-state index in [9.17, 15) is 30.0 Å². The average Bonchev–Trinajstić information content (AvgIpc) is 3.31. The molecule has 0 amide bonds. The molecular weight excluding hydrogens is 995 g/mol. The molecule has 76 heavy (non-hydrogen) atoms. The Morgan fingerprint density at radius 2 is 0.684 bits per heavy atom. The Balaban J connectivity index is 0. The molecule has 0 heterocycles. The van der Waals surface area contributed by atoms with Crippen LogP contribution in [0.2, 0.25) is 0 Å². The molecule has 0 aromatic heterocycles. The summed E-state index contributed by atoms with van der Waals surface area (Å²) in [5, 5.41) is 45.3. The number of aliphatic hydroxyl groups excluding tert-OH is 3. The maximum atomic E-state index is 14.8. The molecule has 6 unspecified atom stereocenters. The van der Waals surface area contributed by atoms with Gasteiger partial charge in [-0.2, -0.15) is 0 Å². The second-order valence-electron chi connectivity index (χ2n) is 28.2. The van der Waals surface area contributed by atoms with Gasteiger partial charge in [0, 0.05) is 24.7 Å². The van der Waals surface area contributed by atoms with E-state index in [-0.39, 0.29) is 70.7 Å². The lowest BCUT2D eigenvalue weighted by Gasteiger charge is -2.45. The molecule has 456 valence electrons. The zero-order chi connectivity index (χ0) is 58.8. The topological polar surface area (TPSA) is 205 Å². The Morgan fingerprint density at radius 3 is 0.895 bits per heavy atom. The van der Waals surface area contributed by atoms with E-state index in [4.69, 9.17) is 19.6 Å². The van der Waals surface area contributed by atoms with Crippen LogP contribution in [0.3, 0.4) is 0 Å². The number of rotatable bonds is 44. The van der Waals surface area contributed by atoms with Crippen molar-refractivity contribution in [1.82, 2.24) is 0 Å². The van der Waals surface area contributed by atoms with Crippen molar-refractivity contribution in [3.63, 3.8) is 0 Å². The van der Waals surface area contributed by atoms with Crippen LogP contribution in [-0.2, 0) is 13.9 Å². The van der Waals surface area contributed by atoms with Gasteiger partial charge in [0.1, 0.15) is 11.6 Å². The largest absolute Gasteiger partial charge is 0.395 e. The second kappa shape index (κ2) is 40.9. The Kier molecular flexibility index (Phi) is 42.0. The van der Waals surface area contributed by atoms with E-state index in [0.29, 0.717) is 23.7 Å². The van der Waals surface area contributed by atoms with E-state index in [1.54, 1.807) is 0 Å². The van der Waals surface area contributed by atoms with Crippen LogP contribution in [0.4, 0.5) is 0 Å². The maximum Gasteiger partial charge on any atom is 0.334 e. The molecule has 0 spiro atoms. The lowest BCUT2D eigenvalue weighted by atomic mass is 9.65. The van der Waals surface area contributed by atoms with Gasteiger partial charge in [-0.05, 0) is 96.7 Å². The molecule has 0 fully saturated rings. The predicted molar refractivity (Wildman–Crippen MR) is 322 cm³/mol. The summed E-state index contributed by atoms with van der Waals surface area (Å²) in [6.45, 7) is 34.4. The molecule has 0 aliphatic carbocycles. The standard InChI is InChI=1S/C63H124O6.H4O5P2/c1-17-19-21-23-25-27-29-31-33-35-37-54(60(11,12)13)45-52(43-50(3)58(5,6)7)56(67)39-41-63(69,62(47-64,48-65)49-66)42-40-57(68)53(44-51(4)59(8,9)10)46-55(61(14,15)16)38-36-34-32-30-28-26-24-22-20-18-2;1-6(2)5-7(3)4/h50-55,64-66,69H,17-49H2,1-16H3;1-4H. The van der Waals surface area contributed by atoms with Gasteiger partial charge in [0.15, 0.2) is 0 Å². The molecule has 8 N–H and O–H groups in total. The lowest BCUT2D eigenvalue weighted by Crippen LogP contribution is -2.56. The minimum Gasteiger partial charge on any atom is -0.395 e. The van der Waals surface area contributed by atoms with Crippen molar-refractivity contribution >= 4 is 28.8 Å². The van der Waals surface area contributed by atoms with Gasteiger partial charge < -0.3 is 40.0 Å². The molecule has 6 atom stereocenters. The van der Waals surface area contributed by atoms with Crippen LogP contribution in [0.5, 0.6) is 0 Å². The molecule has 13 heteroatoms. The summed E-state index contributed by atoms with van der Waals surface area (Å²) < 4.78 is 3.60. The Morgan fingerprint density at radius 1 is 0.421 bits per heavy atom. The van der Waals surface area contributed by atoms with Crippen molar-refractivity contribution in [1.29, 1.82) is 0 Å². The third kappa shape index (κ3) is 35.0. The summed E-state index contributed by atoms with van der Waals surface area (Å²) in [6, 6.07) is 0. The fourth-order valence-corrected chi connectivity index (χ4v) is 11.4. The molecule has 0 saturated heterocycles. The predicted octanol–water partition coefficient (Wildman–Crippen LogP) is 16.9. The highest BCUT2D eigenvalue weighted by Crippen LogP contribution is 2.45. The maximum absolute atomic E-state index is 14.8. The number of carbonyl (C=O) groups is 2. The number of carbonyl (C=O) groups excluding carboxylic acids is 2. The number of Topliss-reactive ketones (excluding diaryl/α,β-unsaturated/α-hetero) is 2. The van der Waals surface area contributed by atoms with E-state index >= 15 is 0 Å². The van der Waals surface area contributed by atoms with Crippen molar-refractivity contribution in [2.45, 2.75) is 309 Å².